The van der Waals surface area contributed by atoms with Gasteiger partial charge in [0, 0.05) is 13.1 Å². The van der Waals surface area contributed by atoms with Crippen LogP contribution in [-0.4, -0.2) is 41.7 Å². The van der Waals surface area contributed by atoms with Crippen LogP contribution in [0.3, 0.4) is 0 Å². The highest BCUT2D eigenvalue weighted by atomic mass is 16.5. The zero-order valence-corrected chi connectivity index (χ0v) is 9.93. The van der Waals surface area contributed by atoms with Crippen LogP contribution in [0.15, 0.2) is 24.3 Å². The molecule has 1 amide bonds. The third-order valence-corrected chi connectivity index (χ3v) is 2.79. The van der Waals surface area contributed by atoms with Gasteiger partial charge in [-0.05, 0) is 24.6 Å². The summed E-state index contributed by atoms with van der Waals surface area (Å²) < 4.78 is 5.49. The highest BCUT2D eigenvalue weighted by molar-refractivity contribution is 5.77. The lowest BCUT2D eigenvalue weighted by Gasteiger charge is -2.35. The Kier molecular flexibility index (Phi) is 3.64. The van der Waals surface area contributed by atoms with Gasteiger partial charge < -0.3 is 14.7 Å². The van der Waals surface area contributed by atoms with Gasteiger partial charge in [-0.15, -0.1) is 0 Å². The zero-order chi connectivity index (χ0) is 12.3. The van der Waals surface area contributed by atoms with Crippen LogP contribution in [0.2, 0.25) is 0 Å². The van der Waals surface area contributed by atoms with Crippen LogP contribution in [0.5, 0.6) is 5.75 Å². The Hall–Kier alpha value is -1.55. The fraction of sp³-hybridized carbons (Fsp3) is 0.462. The number of aliphatic hydroxyl groups excluding tert-OH is 1. The highest BCUT2D eigenvalue weighted by Crippen LogP contribution is 2.13. The molecule has 2 rings (SSSR count). The van der Waals surface area contributed by atoms with Crippen molar-refractivity contribution in [2.24, 2.45) is 0 Å². The second-order valence-corrected chi connectivity index (χ2v) is 4.37. The standard InChI is InChI=1S/C13H17NO3/c1-10-3-2-4-12(7-10)17-6-5-13(16)14-8-11(15)9-14/h2-4,7,11,15H,5-6,8-9H2,1H3. The van der Waals surface area contributed by atoms with Crippen LogP contribution in [0.25, 0.3) is 0 Å². The Balaban J connectivity index is 1.71. The SMILES string of the molecule is Cc1cccc(OCCC(=O)N2CC(O)C2)c1. The number of amides is 1. The number of aryl methyl sites for hydroxylation is 1. The molecule has 1 N–H and O–H groups in total. The Bertz CT molecular complexity index is 399. The molecule has 0 atom stereocenters. The molecule has 0 unspecified atom stereocenters. The molecule has 1 aliphatic heterocycles. The number of benzene rings is 1. The van der Waals surface area contributed by atoms with Crippen molar-refractivity contribution in [1.29, 1.82) is 0 Å². The summed E-state index contributed by atoms with van der Waals surface area (Å²) in [6.07, 6.45) is 0.0253. The molecule has 0 saturated carbocycles. The van der Waals surface area contributed by atoms with E-state index in [1.165, 1.54) is 0 Å². The normalized spacial score (nSPS) is 15.5. The molecule has 4 nitrogen and oxygen atoms in total. The maximum atomic E-state index is 11.6. The van der Waals surface area contributed by atoms with Crippen molar-refractivity contribution in [3.63, 3.8) is 0 Å². The number of β-amino-alcohol motifs (C(OH)–C–C–N with tert-alkyl or cyclic N) is 1. The van der Waals surface area contributed by atoms with Gasteiger partial charge in [0.25, 0.3) is 0 Å². The Morgan fingerprint density at radius 2 is 2.29 bits per heavy atom. The summed E-state index contributed by atoms with van der Waals surface area (Å²) in [7, 11) is 0. The van der Waals surface area contributed by atoms with Gasteiger partial charge in [-0.3, -0.25) is 4.79 Å². The van der Waals surface area contributed by atoms with Crippen LogP contribution in [0.4, 0.5) is 0 Å². The van der Waals surface area contributed by atoms with Gasteiger partial charge in [-0.25, -0.2) is 0 Å². The molecule has 0 aliphatic carbocycles. The first-order valence-corrected chi connectivity index (χ1v) is 5.80. The van der Waals surface area contributed by atoms with E-state index in [0.29, 0.717) is 26.1 Å². The minimum Gasteiger partial charge on any atom is -0.493 e. The Morgan fingerprint density at radius 3 is 2.94 bits per heavy atom. The predicted octanol–water partition coefficient (Wildman–Crippen LogP) is 0.967. The van der Waals surface area contributed by atoms with Crippen molar-refractivity contribution in [1.82, 2.24) is 4.90 Å². The van der Waals surface area contributed by atoms with E-state index in [2.05, 4.69) is 0 Å². The number of hydrogen-bond donors (Lipinski definition) is 1. The lowest BCUT2D eigenvalue weighted by molar-refractivity contribution is -0.141. The molecular formula is C13H17NO3. The second kappa shape index (κ2) is 5.19. The van der Waals surface area contributed by atoms with Crippen molar-refractivity contribution in [3.05, 3.63) is 29.8 Å². The first-order valence-electron chi connectivity index (χ1n) is 5.80. The van der Waals surface area contributed by atoms with Crippen LogP contribution in [0, 0.1) is 6.92 Å². The number of rotatable bonds is 4. The number of likely N-dealkylation sites (tertiary alicyclic amines) is 1. The molecular weight excluding hydrogens is 218 g/mol. The van der Waals surface area contributed by atoms with Crippen LogP contribution in [0.1, 0.15) is 12.0 Å². The van der Waals surface area contributed by atoms with Crippen LogP contribution < -0.4 is 4.74 Å². The lowest BCUT2D eigenvalue weighted by Crippen LogP contribution is -2.53. The fourth-order valence-electron chi connectivity index (χ4n) is 1.78. The van der Waals surface area contributed by atoms with Crippen LogP contribution >= 0.6 is 0 Å². The highest BCUT2D eigenvalue weighted by Gasteiger charge is 2.28. The molecule has 0 bridgehead atoms. The van der Waals surface area contributed by atoms with Gasteiger partial charge in [0.15, 0.2) is 0 Å². The van der Waals surface area contributed by atoms with Gasteiger partial charge in [0.1, 0.15) is 5.75 Å². The molecule has 17 heavy (non-hydrogen) atoms. The van der Waals surface area contributed by atoms with Crippen molar-refractivity contribution in [2.45, 2.75) is 19.4 Å². The maximum absolute atomic E-state index is 11.6. The number of carbonyl (C=O) groups is 1. The van der Waals surface area contributed by atoms with Gasteiger partial charge in [0.05, 0.1) is 19.1 Å². The Morgan fingerprint density at radius 1 is 1.53 bits per heavy atom. The number of aliphatic hydroxyl groups is 1. The molecule has 0 radical (unpaired) electrons. The largest absolute Gasteiger partial charge is 0.493 e. The zero-order valence-electron chi connectivity index (χ0n) is 9.93. The summed E-state index contributed by atoms with van der Waals surface area (Å²) in [6.45, 7) is 3.31. The minimum atomic E-state index is -0.336. The second-order valence-electron chi connectivity index (χ2n) is 4.37. The van der Waals surface area contributed by atoms with E-state index in [1.807, 2.05) is 31.2 Å². The molecule has 1 fully saturated rings. The first-order chi connectivity index (χ1) is 8.15. The van der Waals surface area contributed by atoms with E-state index >= 15 is 0 Å². The molecule has 92 valence electrons. The van der Waals surface area contributed by atoms with Gasteiger partial charge in [-0.1, -0.05) is 12.1 Å². The van der Waals surface area contributed by atoms with Crippen molar-refractivity contribution < 1.29 is 14.6 Å². The van der Waals surface area contributed by atoms with E-state index in [-0.39, 0.29) is 12.0 Å². The average Bonchev–Trinajstić information content (AvgIpc) is 2.25. The van der Waals surface area contributed by atoms with Gasteiger partial charge >= 0.3 is 0 Å². The van der Waals surface area contributed by atoms with Crippen molar-refractivity contribution in [3.8, 4) is 5.75 Å². The lowest BCUT2D eigenvalue weighted by atomic mass is 10.1. The topological polar surface area (TPSA) is 49.8 Å². The van der Waals surface area contributed by atoms with E-state index < -0.39 is 0 Å². The number of carbonyl (C=O) groups excluding carboxylic acids is 1. The smallest absolute Gasteiger partial charge is 0.226 e. The number of ether oxygens (including phenoxy) is 1. The molecule has 1 aliphatic rings. The van der Waals surface area contributed by atoms with E-state index in [1.54, 1.807) is 4.90 Å². The van der Waals surface area contributed by atoms with Crippen LogP contribution in [-0.2, 0) is 4.79 Å². The third-order valence-electron chi connectivity index (χ3n) is 2.79. The minimum absolute atomic E-state index is 0.0444. The third kappa shape index (κ3) is 3.20. The summed E-state index contributed by atoms with van der Waals surface area (Å²) in [4.78, 5) is 13.2. The van der Waals surface area contributed by atoms with E-state index in [4.69, 9.17) is 9.84 Å². The molecule has 1 saturated heterocycles. The molecule has 0 aromatic heterocycles. The summed E-state index contributed by atoms with van der Waals surface area (Å²) in [6, 6.07) is 7.75. The molecule has 1 heterocycles. The van der Waals surface area contributed by atoms with Crippen molar-refractivity contribution in [2.75, 3.05) is 19.7 Å². The molecule has 4 heteroatoms. The average molecular weight is 235 g/mol. The molecule has 1 aromatic rings. The fourth-order valence-corrected chi connectivity index (χ4v) is 1.78. The van der Waals surface area contributed by atoms with E-state index in [9.17, 15) is 4.79 Å². The van der Waals surface area contributed by atoms with E-state index in [0.717, 1.165) is 11.3 Å². The Labute approximate surface area is 101 Å². The van der Waals surface area contributed by atoms with Crippen molar-refractivity contribution >= 4 is 5.91 Å². The number of nitrogens with zero attached hydrogens (tertiary/aromatic N) is 1. The number of hydrogen-bond acceptors (Lipinski definition) is 3. The van der Waals surface area contributed by atoms with Gasteiger partial charge in [0.2, 0.25) is 5.91 Å². The first kappa shape index (κ1) is 11.9. The summed E-state index contributed by atoms with van der Waals surface area (Å²) in [5, 5.41) is 9.08. The monoisotopic (exact) mass is 235 g/mol. The van der Waals surface area contributed by atoms with Gasteiger partial charge in [-0.2, -0.15) is 0 Å². The molecule has 1 aromatic carbocycles. The summed E-state index contributed by atoms with van der Waals surface area (Å²) >= 11 is 0. The predicted molar refractivity (Wildman–Crippen MR) is 63.9 cm³/mol. The quantitative estimate of drug-likeness (QED) is 0.846. The molecule has 0 spiro atoms. The maximum Gasteiger partial charge on any atom is 0.226 e. The summed E-state index contributed by atoms with van der Waals surface area (Å²) in [5.74, 6) is 0.837. The summed E-state index contributed by atoms with van der Waals surface area (Å²) in [5.41, 5.74) is 1.14.